The summed E-state index contributed by atoms with van der Waals surface area (Å²) in [5.74, 6) is -0.0372. The number of aryl methyl sites for hydroxylation is 1. The van der Waals surface area contributed by atoms with Gasteiger partial charge in [0.1, 0.15) is 0 Å². The van der Waals surface area contributed by atoms with E-state index in [9.17, 15) is 9.90 Å². The topological polar surface area (TPSA) is 62.5 Å². The minimum absolute atomic E-state index is 0.157. The minimum Gasteiger partial charge on any atom is -0.459 e. The number of benzene rings is 1. The molecule has 0 aliphatic heterocycles. The summed E-state index contributed by atoms with van der Waals surface area (Å²) in [5.41, 5.74) is 1.63. The second-order valence-corrected chi connectivity index (χ2v) is 4.05. The van der Waals surface area contributed by atoms with Crippen LogP contribution in [0.5, 0.6) is 0 Å². The van der Waals surface area contributed by atoms with Gasteiger partial charge in [-0.2, -0.15) is 0 Å². The van der Waals surface area contributed by atoms with Gasteiger partial charge in [-0.3, -0.25) is 4.79 Å². The van der Waals surface area contributed by atoms with E-state index in [0.29, 0.717) is 0 Å². The van der Waals surface area contributed by atoms with Crippen LogP contribution in [0.3, 0.4) is 0 Å². The Kier molecular flexibility index (Phi) is 3.79. The summed E-state index contributed by atoms with van der Waals surface area (Å²) >= 11 is 0. The van der Waals surface area contributed by atoms with E-state index in [0.717, 1.165) is 11.1 Å². The highest BCUT2D eigenvalue weighted by Crippen LogP contribution is 2.14. The van der Waals surface area contributed by atoms with Crippen LogP contribution in [0, 0.1) is 6.92 Å². The zero-order chi connectivity index (χ0) is 13.0. The molecule has 0 saturated heterocycles. The third kappa shape index (κ3) is 2.60. The summed E-state index contributed by atoms with van der Waals surface area (Å²) in [6.45, 7) is 1.64. The normalized spacial score (nSPS) is 12.1. The van der Waals surface area contributed by atoms with E-state index in [1.54, 1.807) is 13.0 Å². The molecule has 1 amide bonds. The van der Waals surface area contributed by atoms with Gasteiger partial charge < -0.3 is 14.8 Å². The van der Waals surface area contributed by atoms with Crippen molar-refractivity contribution in [1.82, 2.24) is 5.32 Å². The average molecular weight is 245 g/mol. The Labute approximate surface area is 105 Å². The first-order valence-corrected chi connectivity index (χ1v) is 5.73. The Morgan fingerprint density at radius 2 is 2.06 bits per heavy atom. The van der Waals surface area contributed by atoms with E-state index in [1.165, 1.54) is 6.26 Å². The zero-order valence-electron chi connectivity index (χ0n) is 10.1. The van der Waals surface area contributed by atoms with Gasteiger partial charge in [0.25, 0.3) is 5.91 Å². The van der Waals surface area contributed by atoms with Crippen LogP contribution in [0.4, 0.5) is 0 Å². The van der Waals surface area contributed by atoms with Gasteiger partial charge in [-0.05, 0) is 18.6 Å². The van der Waals surface area contributed by atoms with Crippen LogP contribution in [0.2, 0.25) is 0 Å². The lowest BCUT2D eigenvalue weighted by Crippen LogP contribution is -2.30. The number of nitrogens with one attached hydrogen (secondary N) is 1. The fourth-order valence-corrected chi connectivity index (χ4v) is 1.75. The molecule has 1 aromatic heterocycles. The summed E-state index contributed by atoms with van der Waals surface area (Å²) in [6, 6.07) is 10.6. The van der Waals surface area contributed by atoms with Crippen molar-refractivity contribution in [3.05, 3.63) is 59.5 Å². The van der Waals surface area contributed by atoms with Gasteiger partial charge >= 0.3 is 0 Å². The van der Waals surface area contributed by atoms with E-state index >= 15 is 0 Å². The Bertz CT molecular complexity index is 519. The molecule has 2 N–H and O–H groups in total. The molecule has 0 saturated carbocycles. The molecule has 2 rings (SSSR count). The van der Waals surface area contributed by atoms with Crippen LogP contribution in [0.25, 0.3) is 0 Å². The molecule has 0 spiro atoms. The largest absolute Gasteiger partial charge is 0.459 e. The smallest absolute Gasteiger partial charge is 0.287 e. The third-order valence-corrected chi connectivity index (χ3v) is 2.76. The fraction of sp³-hybridized carbons (Fsp3) is 0.214. The van der Waals surface area contributed by atoms with Gasteiger partial charge in [-0.25, -0.2) is 0 Å². The molecule has 0 fully saturated rings. The van der Waals surface area contributed by atoms with Crippen LogP contribution in [-0.4, -0.2) is 17.6 Å². The first kappa shape index (κ1) is 12.4. The summed E-state index contributed by atoms with van der Waals surface area (Å²) < 4.78 is 5.11. The van der Waals surface area contributed by atoms with Crippen LogP contribution in [0.15, 0.2) is 47.1 Å². The zero-order valence-corrected chi connectivity index (χ0v) is 10.1. The Morgan fingerprint density at radius 3 is 2.61 bits per heavy atom. The SMILES string of the molecule is Cc1ccoc1C(=O)NC(CO)c1ccccc1. The molecule has 2 aromatic rings. The van der Waals surface area contributed by atoms with Crippen molar-refractivity contribution in [2.24, 2.45) is 0 Å². The second-order valence-electron chi connectivity index (χ2n) is 4.05. The first-order valence-electron chi connectivity index (χ1n) is 5.73. The lowest BCUT2D eigenvalue weighted by atomic mass is 10.1. The summed E-state index contributed by atoms with van der Waals surface area (Å²) in [7, 11) is 0. The first-order chi connectivity index (χ1) is 8.72. The van der Waals surface area contributed by atoms with Crippen molar-refractivity contribution in [2.45, 2.75) is 13.0 Å². The van der Waals surface area contributed by atoms with E-state index in [-0.39, 0.29) is 18.3 Å². The quantitative estimate of drug-likeness (QED) is 0.866. The van der Waals surface area contributed by atoms with E-state index in [1.807, 2.05) is 30.3 Å². The molecular formula is C14H15NO3. The molecule has 1 heterocycles. The highest BCUT2D eigenvalue weighted by Gasteiger charge is 2.18. The van der Waals surface area contributed by atoms with Crippen LogP contribution < -0.4 is 5.32 Å². The summed E-state index contributed by atoms with van der Waals surface area (Å²) in [4.78, 5) is 12.0. The lowest BCUT2D eigenvalue weighted by molar-refractivity contribution is 0.0887. The molecule has 0 radical (unpaired) electrons. The summed E-state index contributed by atoms with van der Waals surface area (Å²) in [5, 5.41) is 12.1. The number of aliphatic hydroxyl groups excluding tert-OH is 1. The van der Waals surface area contributed by atoms with Crippen LogP contribution in [0.1, 0.15) is 27.7 Å². The second kappa shape index (κ2) is 5.51. The Hall–Kier alpha value is -2.07. The number of aliphatic hydroxyl groups is 1. The lowest BCUT2D eigenvalue weighted by Gasteiger charge is -2.16. The maximum atomic E-state index is 12.0. The number of rotatable bonds is 4. The predicted molar refractivity (Wildman–Crippen MR) is 67.2 cm³/mol. The highest BCUT2D eigenvalue weighted by atomic mass is 16.3. The van der Waals surface area contributed by atoms with Crippen molar-refractivity contribution in [3.8, 4) is 0 Å². The number of furan rings is 1. The minimum atomic E-state index is -0.428. The van der Waals surface area contributed by atoms with E-state index < -0.39 is 6.04 Å². The molecule has 0 bridgehead atoms. The van der Waals surface area contributed by atoms with Gasteiger partial charge in [0.2, 0.25) is 0 Å². The molecule has 4 heteroatoms. The number of carbonyl (C=O) groups excluding carboxylic acids is 1. The monoisotopic (exact) mass is 245 g/mol. The number of amides is 1. The number of hydrogen-bond acceptors (Lipinski definition) is 3. The predicted octanol–water partition coefficient (Wildman–Crippen LogP) is 2.05. The van der Waals surface area contributed by atoms with Crippen molar-refractivity contribution in [2.75, 3.05) is 6.61 Å². The maximum absolute atomic E-state index is 12.0. The van der Waals surface area contributed by atoms with Gasteiger partial charge in [0.15, 0.2) is 5.76 Å². The van der Waals surface area contributed by atoms with Crippen molar-refractivity contribution < 1.29 is 14.3 Å². The molecule has 1 aromatic carbocycles. The molecule has 0 aliphatic carbocycles. The molecule has 0 aliphatic rings. The van der Waals surface area contributed by atoms with Gasteiger partial charge in [0.05, 0.1) is 18.9 Å². The number of hydrogen-bond donors (Lipinski definition) is 2. The average Bonchev–Trinajstić information content (AvgIpc) is 2.83. The Morgan fingerprint density at radius 1 is 1.33 bits per heavy atom. The van der Waals surface area contributed by atoms with Gasteiger partial charge in [-0.15, -0.1) is 0 Å². The highest BCUT2D eigenvalue weighted by molar-refractivity contribution is 5.93. The van der Waals surface area contributed by atoms with Gasteiger partial charge in [-0.1, -0.05) is 30.3 Å². The van der Waals surface area contributed by atoms with Crippen molar-refractivity contribution >= 4 is 5.91 Å². The molecule has 94 valence electrons. The van der Waals surface area contributed by atoms with E-state index in [2.05, 4.69) is 5.32 Å². The molecule has 18 heavy (non-hydrogen) atoms. The molecular weight excluding hydrogens is 230 g/mol. The van der Waals surface area contributed by atoms with Crippen LogP contribution in [-0.2, 0) is 0 Å². The van der Waals surface area contributed by atoms with Crippen molar-refractivity contribution in [1.29, 1.82) is 0 Å². The van der Waals surface area contributed by atoms with Crippen molar-refractivity contribution in [3.63, 3.8) is 0 Å². The third-order valence-electron chi connectivity index (χ3n) is 2.76. The fourth-order valence-electron chi connectivity index (χ4n) is 1.75. The standard InChI is InChI=1S/C14H15NO3/c1-10-7-8-18-13(10)14(17)15-12(9-16)11-5-3-2-4-6-11/h2-8,12,16H,9H2,1H3,(H,15,17). The van der Waals surface area contributed by atoms with Crippen LogP contribution >= 0.6 is 0 Å². The number of carbonyl (C=O) groups is 1. The maximum Gasteiger partial charge on any atom is 0.287 e. The van der Waals surface area contributed by atoms with E-state index in [4.69, 9.17) is 4.42 Å². The molecule has 1 unspecified atom stereocenters. The Balaban J connectivity index is 2.13. The summed E-state index contributed by atoms with van der Waals surface area (Å²) in [6.07, 6.45) is 1.47. The molecule has 4 nitrogen and oxygen atoms in total. The molecule has 1 atom stereocenters. The van der Waals surface area contributed by atoms with Gasteiger partial charge in [0, 0.05) is 5.56 Å².